The number of hydrogen-bond acceptors (Lipinski definition) is 6. The van der Waals surface area contributed by atoms with Crippen molar-refractivity contribution in [2.24, 2.45) is 0 Å². The molecule has 0 radical (unpaired) electrons. The van der Waals surface area contributed by atoms with Crippen molar-refractivity contribution in [3.8, 4) is 0 Å². The van der Waals surface area contributed by atoms with Gasteiger partial charge in [-0.3, -0.25) is 20.2 Å². The Morgan fingerprint density at radius 2 is 2.00 bits per heavy atom. The quantitative estimate of drug-likeness (QED) is 0.601. The van der Waals surface area contributed by atoms with E-state index in [1.165, 1.54) is 12.1 Å². The number of hydrogen-bond donors (Lipinski definition) is 1. The highest BCUT2D eigenvalue weighted by Gasteiger charge is 2.20. The molecule has 19 heavy (non-hydrogen) atoms. The number of nitrogens with zero attached hydrogens (tertiary/aromatic N) is 2. The smallest absolute Gasteiger partial charge is 0.299 e. The molecule has 1 aromatic rings. The molecule has 0 fully saturated rings. The maximum Gasteiger partial charge on any atom is 0.299 e. The number of non-ortho nitro benzene ring substituents is 1. The van der Waals surface area contributed by atoms with Gasteiger partial charge < -0.3 is 10.1 Å². The average molecular weight is 269 g/mol. The van der Waals surface area contributed by atoms with Gasteiger partial charge in [-0.15, -0.1) is 0 Å². The number of nitrogens with one attached hydrogen (secondary N) is 1. The molecule has 1 N–H and O–H groups in total. The zero-order chi connectivity index (χ0) is 14.4. The maximum atomic E-state index is 10.9. The molecule has 0 bridgehead atoms. The summed E-state index contributed by atoms with van der Waals surface area (Å²) in [6.07, 6.45) is 0. The van der Waals surface area contributed by atoms with E-state index in [-0.39, 0.29) is 23.1 Å². The third-order valence-electron chi connectivity index (χ3n) is 2.36. The molecule has 8 nitrogen and oxygen atoms in total. The minimum Gasteiger partial charge on any atom is -0.380 e. The summed E-state index contributed by atoms with van der Waals surface area (Å²) >= 11 is 0. The van der Waals surface area contributed by atoms with E-state index < -0.39 is 9.85 Å². The van der Waals surface area contributed by atoms with E-state index in [0.29, 0.717) is 13.2 Å². The van der Waals surface area contributed by atoms with Gasteiger partial charge in [0.15, 0.2) is 0 Å². The van der Waals surface area contributed by atoms with Crippen molar-refractivity contribution in [1.82, 2.24) is 0 Å². The van der Waals surface area contributed by atoms with Crippen molar-refractivity contribution < 1.29 is 14.6 Å². The van der Waals surface area contributed by atoms with E-state index in [9.17, 15) is 20.2 Å². The van der Waals surface area contributed by atoms with Crippen LogP contribution in [0.5, 0.6) is 0 Å². The topological polar surface area (TPSA) is 108 Å². The van der Waals surface area contributed by atoms with Gasteiger partial charge in [-0.1, -0.05) is 0 Å². The normalized spacial score (nSPS) is 11.9. The highest BCUT2D eigenvalue weighted by molar-refractivity contribution is 5.65. The molecule has 104 valence electrons. The van der Waals surface area contributed by atoms with Crippen LogP contribution in [0.4, 0.5) is 17.1 Å². The van der Waals surface area contributed by atoms with Crippen LogP contribution in [0.1, 0.15) is 13.8 Å². The molecule has 8 heteroatoms. The second kappa shape index (κ2) is 6.64. The van der Waals surface area contributed by atoms with E-state index in [0.717, 1.165) is 6.07 Å². The molecule has 0 amide bonds. The first kappa shape index (κ1) is 14.8. The number of rotatable bonds is 7. The maximum absolute atomic E-state index is 10.9. The molecule has 1 rings (SSSR count). The zero-order valence-electron chi connectivity index (χ0n) is 10.7. The molecule has 0 aliphatic heterocycles. The Labute approximate surface area is 109 Å². The largest absolute Gasteiger partial charge is 0.380 e. The van der Waals surface area contributed by atoms with Crippen molar-refractivity contribution in [3.05, 3.63) is 38.4 Å². The summed E-state index contributed by atoms with van der Waals surface area (Å²) in [4.78, 5) is 20.2. The highest BCUT2D eigenvalue weighted by atomic mass is 16.6. The Kier molecular flexibility index (Phi) is 5.19. The Morgan fingerprint density at radius 1 is 1.32 bits per heavy atom. The minimum atomic E-state index is -0.666. The summed E-state index contributed by atoms with van der Waals surface area (Å²) in [6.45, 7) is 4.60. The fraction of sp³-hybridized carbons (Fsp3) is 0.455. The molecule has 0 saturated carbocycles. The lowest BCUT2D eigenvalue weighted by molar-refractivity contribution is -0.393. The van der Waals surface area contributed by atoms with Crippen LogP contribution in [0, 0.1) is 20.2 Å². The molecule has 0 aliphatic carbocycles. The van der Waals surface area contributed by atoms with Gasteiger partial charge in [0, 0.05) is 18.7 Å². The SMILES string of the molecule is CCOCC(C)Nc1ccc([N+](=O)[O-])cc1[N+](=O)[O-]. The summed E-state index contributed by atoms with van der Waals surface area (Å²) in [5, 5.41) is 24.4. The van der Waals surface area contributed by atoms with Crippen LogP contribution in [-0.2, 0) is 4.74 Å². The van der Waals surface area contributed by atoms with Crippen molar-refractivity contribution in [3.63, 3.8) is 0 Å². The molecule has 0 heterocycles. The first-order chi connectivity index (χ1) is 8.95. The Balaban J connectivity index is 2.94. The number of nitro benzene ring substituents is 2. The van der Waals surface area contributed by atoms with Gasteiger partial charge in [0.2, 0.25) is 0 Å². The van der Waals surface area contributed by atoms with Crippen LogP contribution in [0.3, 0.4) is 0 Å². The van der Waals surface area contributed by atoms with Gasteiger partial charge in [-0.2, -0.15) is 0 Å². The Morgan fingerprint density at radius 3 is 2.53 bits per heavy atom. The third-order valence-corrected chi connectivity index (χ3v) is 2.36. The van der Waals surface area contributed by atoms with E-state index in [1.807, 2.05) is 6.92 Å². The summed E-state index contributed by atoms with van der Waals surface area (Å²) < 4.78 is 5.19. The van der Waals surface area contributed by atoms with Crippen molar-refractivity contribution in [2.45, 2.75) is 19.9 Å². The third kappa shape index (κ3) is 4.18. The lowest BCUT2D eigenvalue weighted by Gasteiger charge is -2.14. The van der Waals surface area contributed by atoms with Crippen molar-refractivity contribution in [1.29, 1.82) is 0 Å². The number of anilines is 1. The van der Waals surface area contributed by atoms with E-state index >= 15 is 0 Å². The fourth-order valence-corrected chi connectivity index (χ4v) is 1.51. The van der Waals surface area contributed by atoms with Crippen LogP contribution in [0.2, 0.25) is 0 Å². The van der Waals surface area contributed by atoms with Crippen LogP contribution < -0.4 is 5.32 Å². The van der Waals surface area contributed by atoms with Crippen molar-refractivity contribution >= 4 is 17.1 Å². The second-order valence-corrected chi connectivity index (χ2v) is 3.92. The van der Waals surface area contributed by atoms with E-state index in [2.05, 4.69) is 5.32 Å². The average Bonchev–Trinajstić information content (AvgIpc) is 2.36. The molecule has 0 saturated heterocycles. The summed E-state index contributed by atoms with van der Waals surface area (Å²) in [5.41, 5.74) is -0.393. The second-order valence-electron chi connectivity index (χ2n) is 3.92. The van der Waals surface area contributed by atoms with Gasteiger partial charge in [-0.05, 0) is 19.9 Å². The van der Waals surface area contributed by atoms with E-state index in [1.54, 1.807) is 6.92 Å². The zero-order valence-corrected chi connectivity index (χ0v) is 10.7. The lowest BCUT2D eigenvalue weighted by Crippen LogP contribution is -2.22. The molecule has 1 unspecified atom stereocenters. The minimum absolute atomic E-state index is 0.139. The molecule has 1 aromatic carbocycles. The predicted octanol–water partition coefficient (Wildman–Crippen LogP) is 2.34. The van der Waals surface area contributed by atoms with Gasteiger partial charge in [0.05, 0.1) is 22.5 Å². The van der Waals surface area contributed by atoms with Crippen LogP contribution in [-0.4, -0.2) is 29.1 Å². The molecule has 1 atom stereocenters. The molecule has 0 spiro atoms. The van der Waals surface area contributed by atoms with Crippen molar-refractivity contribution in [2.75, 3.05) is 18.5 Å². The lowest BCUT2D eigenvalue weighted by atomic mass is 10.2. The molecular weight excluding hydrogens is 254 g/mol. The van der Waals surface area contributed by atoms with Gasteiger partial charge in [0.1, 0.15) is 5.69 Å². The van der Waals surface area contributed by atoms with Gasteiger partial charge in [-0.25, -0.2) is 0 Å². The van der Waals surface area contributed by atoms with Crippen LogP contribution in [0.25, 0.3) is 0 Å². The molecule has 0 aliphatic rings. The standard InChI is InChI=1S/C11H15N3O5/c1-3-19-7-8(2)12-10-5-4-9(13(15)16)6-11(10)14(17)18/h4-6,8,12H,3,7H2,1-2H3. The first-order valence-corrected chi connectivity index (χ1v) is 5.72. The number of ether oxygens (including phenoxy) is 1. The fourth-order valence-electron chi connectivity index (χ4n) is 1.51. The first-order valence-electron chi connectivity index (χ1n) is 5.72. The van der Waals surface area contributed by atoms with Crippen LogP contribution >= 0.6 is 0 Å². The highest BCUT2D eigenvalue weighted by Crippen LogP contribution is 2.29. The Bertz CT molecular complexity index is 477. The molecular formula is C11H15N3O5. The molecule has 0 aromatic heterocycles. The monoisotopic (exact) mass is 269 g/mol. The van der Waals surface area contributed by atoms with Crippen LogP contribution in [0.15, 0.2) is 18.2 Å². The summed E-state index contributed by atoms with van der Waals surface area (Å²) in [7, 11) is 0. The van der Waals surface area contributed by atoms with Gasteiger partial charge >= 0.3 is 0 Å². The number of nitro groups is 2. The van der Waals surface area contributed by atoms with E-state index in [4.69, 9.17) is 4.74 Å². The summed E-state index contributed by atoms with van der Waals surface area (Å²) in [6, 6.07) is 3.36. The Hall–Kier alpha value is -2.22. The predicted molar refractivity (Wildman–Crippen MR) is 69.3 cm³/mol. The van der Waals surface area contributed by atoms with Gasteiger partial charge in [0.25, 0.3) is 11.4 Å². The summed E-state index contributed by atoms with van der Waals surface area (Å²) in [5.74, 6) is 0. The number of benzene rings is 1.